The van der Waals surface area contributed by atoms with Crippen LogP contribution in [-0.4, -0.2) is 0 Å². The Bertz CT molecular complexity index is 590. The first kappa shape index (κ1) is 12.5. The van der Waals surface area contributed by atoms with Gasteiger partial charge < -0.3 is 0 Å². The average molecular weight is 258 g/mol. The van der Waals surface area contributed by atoms with Gasteiger partial charge in [0.1, 0.15) is 0 Å². The molecule has 0 atom stereocenters. The number of rotatable bonds is 1. The molecular weight excluding hydrogens is 251 g/mol. The lowest BCUT2D eigenvalue weighted by Gasteiger charge is -2.10. The Morgan fingerprint density at radius 2 is 1.11 bits per heavy atom. The van der Waals surface area contributed by atoms with Crippen molar-refractivity contribution in [1.29, 1.82) is 0 Å². The number of benzene rings is 2. The maximum Gasteiger partial charge on any atom is 0.200 e. The van der Waals surface area contributed by atoms with Crippen molar-refractivity contribution in [3.05, 3.63) is 58.9 Å². The molecule has 0 unspecified atom stereocenters. The van der Waals surface area contributed by atoms with Gasteiger partial charge in [0.2, 0.25) is 5.82 Å². The highest BCUT2D eigenvalue weighted by atomic mass is 19.2. The van der Waals surface area contributed by atoms with Gasteiger partial charge >= 0.3 is 0 Å². The Morgan fingerprint density at radius 3 is 1.61 bits per heavy atom. The molecule has 0 aliphatic carbocycles. The van der Waals surface area contributed by atoms with E-state index < -0.39 is 34.6 Å². The van der Waals surface area contributed by atoms with Crippen LogP contribution in [-0.2, 0) is 0 Å². The molecule has 0 saturated heterocycles. The molecule has 0 spiro atoms. The second kappa shape index (κ2) is 4.40. The fourth-order valence-electron chi connectivity index (χ4n) is 1.69. The van der Waals surface area contributed by atoms with Crippen molar-refractivity contribution in [2.45, 2.75) is 6.92 Å². The van der Waals surface area contributed by atoms with Gasteiger partial charge in [0, 0.05) is 0 Å². The van der Waals surface area contributed by atoms with Crippen LogP contribution in [0.25, 0.3) is 11.1 Å². The standard InChI is InChI=1S/C13H7F5/c1-6-4-2-3-5-7(6)8-9(14)11(16)13(18)12(17)10(8)15/h2-5H,1H3. The molecule has 94 valence electrons. The molecule has 0 nitrogen and oxygen atoms in total. The molecule has 2 aromatic carbocycles. The number of hydrogen-bond acceptors (Lipinski definition) is 0. The summed E-state index contributed by atoms with van der Waals surface area (Å²) in [5.41, 5.74) is -0.504. The van der Waals surface area contributed by atoms with E-state index in [0.717, 1.165) is 0 Å². The van der Waals surface area contributed by atoms with E-state index in [1.807, 2.05) is 0 Å². The molecule has 2 rings (SSSR count). The summed E-state index contributed by atoms with van der Waals surface area (Å²) < 4.78 is 66.1. The van der Waals surface area contributed by atoms with Gasteiger partial charge in [0.15, 0.2) is 23.3 Å². The van der Waals surface area contributed by atoms with Crippen LogP contribution in [0.1, 0.15) is 5.56 Å². The van der Waals surface area contributed by atoms with Crippen molar-refractivity contribution in [2.24, 2.45) is 0 Å². The summed E-state index contributed by atoms with van der Waals surface area (Å²) in [7, 11) is 0. The lowest BCUT2D eigenvalue weighted by atomic mass is 9.99. The number of hydrogen-bond donors (Lipinski definition) is 0. The van der Waals surface area contributed by atoms with Gasteiger partial charge in [-0.25, -0.2) is 22.0 Å². The maximum atomic E-state index is 13.5. The highest BCUT2D eigenvalue weighted by molar-refractivity contribution is 5.68. The molecule has 5 heteroatoms. The van der Waals surface area contributed by atoms with E-state index in [9.17, 15) is 22.0 Å². The van der Waals surface area contributed by atoms with Crippen LogP contribution in [0.4, 0.5) is 22.0 Å². The summed E-state index contributed by atoms with van der Waals surface area (Å²) >= 11 is 0. The fourth-order valence-corrected chi connectivity index (χ4v) is 1.69. The van der Waals surface area contributed by atoms with E-state index in [-0.39, 0.29) is 5.56 Å². The number of aryl methyl sites for hydroxylation is 1. The van der Waals surface area contributed by atoms with E-state index >= 15 is 0 Å². The highest BCUT2D eigenvalue weighted by Crippen LogP contribution is 2.32. The normalized spacial score (nSPS) is 10.8. The van der Waals surface area contributed by atoms with Crippen molar-refractivity contribution in [1.82, 2.24) is 0 Å². The second-order valence-electron chi connectivity index (χ2n) is 3.76. The summed E-state index contributed by atoms with van der Waals surface area (Å²) in [6.45, 7) is 1.52. The Morgan fingerprint density at radius 1 is 0.667 bits per heavy atom. The first-order valence-corrected chi connectivity index (χ1v) is 5.02. The molecule has 0 aliphatic rings. The van der Waals surface area contributed by atoms with E-state index in [2.05, 4.69) is 0 Å². The summed E-state index contributed by atoms with van der Waals surface area (Å²) in [5, 5.41) is 0. The Balaban J connectivity index is 2.85. The van der Waals surface area contributed by atoms with E-state index in [4.69, 9.17) is 0 Å². The third-order valence-electron chi connectivity index (χ3n) is 2.62. The highest BCUT2D eigenvalue weighted by Gasteiger charge is 2.26. The minimum atomic E-state index is -2.15. The van der Waals surface area contributed by atoms with Crippen molar-refractivity contribution < 1.29 is 22.0 Å². The molecule has 0 fully saturated rings. The third-order valence-corrected chi connectivity index (χ3v) is 2.62. The predicted molar refractivity (Wildman–Crippen MR) is 56.4 cm³/mol. The molecule has 0 aromatic heterocycles. The van der Waals surface area contributed by atoms with Gasteiger partial charge in [0.05, 0.1) is 5.56 Å². The SMILES string of the molecule is Cc1ccccc1-c1c(F)c(F)c(F)c(F)c1F. The molecule has 0 amide bonds. The maximum absolute atomic E-state index is 13.5. The molecule has 0 aliphatic heterocycles. The molecule has 0 heterocycles. The van der Waals surface area contributed by atoms with Crippen molar-refractivity contribution in [2.75, 3.05) is 0 Å². The van der Waals surface area contributed by atoms with Crippen LogP contribution in [0.5, 0.6) is 0 Å². The van der Waals surface area contributed by atoms with Gasteiger partial charge in [-0.3, -0.25) is 0 Å². The smallest absolute Gasteiger partial charge is 0.200 e. The summed E-state index contributed by atoms with van der Waals surface area (Å²) in [4.78, 5) is 0. The molecule has 0 radical (unpaired) electrons. The van der Waals surface area contributed by atoms with Crippen molar-refractivity contribution in [3.63, 3.8) is 0 Å². The first-order valence-electron chi connectivity index (χ1n) is 5.02. The summed E-state index contributed by atoms with van der Waals surface area (Å²) in [6, 6.07) is 5.88. The largest absolute Gasteiger partial charge is 0.203 e. The lowest BCUT2D eigenvalue weighted by Crippen LogP contribution is -2.04. The zero-order valence-electron chi connectivity index (χ0n) is 9.20. The molecule has 2 aromatic rings. The Kier molecular flexibility index (Phi) is 3.07. The third kappa shape index (κ3) is 1.75. The minimum absolute atomic E-state index is 0.0229. The summed E-state index contributed by atoms with van der Waals surface area (Å²) in [6.07, 6.45) is 0. The molecule has 0 bridgehead atoms. The topological polar surface area (TPSA) is 0 Å². The predicted octanol–water partition coefficient (Wildman–Crippen LogP) is 4.36. The number of halogens is 5. The van der Waals surface area contributed by atoms with E-state index in [1.165, 1.54) is 25.1 Å². The van der Waals surface area contributed by atoms with Crippen LogP contribution < -0.4 is 0 Å². The monoisotopic (exact) mass is 258 g/mol. The van der Waals surface area contributed by atoms with Crippen molar-refractivity contribution in [3.8, 4) is 11.1 Å². The fraction of sp³-hybridized carbons (Fsp3) is 0.0769. The van der Waals surface area contributed by atoms with E-state index in [1.54, 1.807) is 6.07 Å². The van der Waals surface area contributed by atoms with Crippen LogP contribution >= 0.6 is 0 Å². The average Bonchev–Trinajstić information content (AvgIpc) is 2.36. The van der Waals surface area contributed by atoms with Crippen molar-refractivity contribution >= 4 is 0 Å². The van der Waals surface area contributed by atoms with E-state index in [0.29, 0.717) is 5.56 Å². The van der Waals surface area contributed by atoms with Crippen LogP contribution in [0.3, 0.4) is 0 Å². The first-order chi connectivity index (χ1) is 8.45. The lowest BCUT2D eigenvalue weighted by molar-refractivity contribution is 0.381. The quantitative estimate of drug-likeness (QED) is 0.405. The van der Waals surface area contributed by atoms with Gasteiger partial charge in [0.25, 0.3) is 0 Å². The van der Waals surface area contributed by atoms with Gasteiger partial charge in [-0.1, -0.05) is 24.3 Å². The van der Waals surface area contributed by atoms with Crippen LogP contribution in [0.15, 0.2) is 24.3 Å². The second-order valence-corrected chi connectivity index (χ2v) is 3.76. The molecule has 0 saturated carbocycles. The molecule has 0 N–H and O–H groups in total. The Hall–Kier alpha value is -1.91. The molecule has 18 heavy (non-hydrogen) atoms. The van der Waals surface area contributed by atoms with Gasteiger partial charge in [-0.05, 0) is 18.1 Å². The zero-order valence-corrected chi connectivity index (χ0v) is 9.20. The Labute approximate surface area is 99.7 Å². The van der Waals surface area contributed by atoms with Gasteiger partial charge in [-0.15, -0.1) is 0 Å². The van der Waals surface area contributed by atoms with Crippen LogP contribution in [0.2, 0.25) is 0 Å². The zero-order chi connectivity index (χ0) is 13.4. The molecular formula is C13H7F5. The minimum Gasteiger partial charge on any atom is -0.203 e. The van der Waals surface area contributed by atoms with Crippen LogP contribution in [0, 0.1) is 36.0 Å². The summed E-state index contributed by atoms with van der Waals surface area (Å²) in [5.74, 6) is -9.66. The van der Waals surface area contributed by atoms with Gasteiger partial charge in [-0.2, -0.15) is 0 Å².